The molecule has 2 heterocycles. The quantitative estimate of drug-likeness (QED) is 0.818. The molecule has 2 aliphatic rings. The van der Waals surface area contributed by atoms with Gasteiger partial charge in [0.05, 0.1) is 0 Å². The topological polar surface area (TPSA) is 51.8 Å². The minimum Gasteiger partial charge on any atom is -0.338 e. The second-order valence-electron chi connectivity index (χ2n) is 5.24. The molecule has 17 heavy (non-hydrogen) atoms. The van der Waals surface area contributed by atoms with E-state index in [0.29, 0.717) is 5.82 Å². The summed E-state index contributed by atoms with van der Waals surface area (Å²) in [6, 6.07) is 1.93. The molecule has 2 saturated carbocycles. The second-order valence-corrected chi connectivity index (χ2v) is 5.90. The molecule has 2 aromatic rings. The van der Waals surface area contributed by atoms with E-state index in [9.17, 15) is 0 Å². The molecule has 0 saturated heterocycles. The van der Waals surface area contributed by atoms with E-state index in [2.05, 4.69) is 14.5 Å². The lowest BCUT2D eigenvalue weighted by atomic mass is 9.84. The molecule has 0 atom stereocenters. The molecule has 4 rings (SSSR count). The summed E-state index contributed by atoms with van der Waals surface area (Å²) in [7, 11) is 0. The first-order valence-electron chi connectivity index (χ1n) is 6.11. The highest BCUT2D eigenvalue weighted by Gasteiger charge is 2.49. The molecule has 0 aromatic carbocycles. The van der Waals surface area contributed by atoms with Gasteiger partial charge in [-0.1, -0.05) is 5.16 Å². The average Bonchev–Trinajstić information content (AvgIpc) is 3.13. The molecule has 0 amide bonds. The summed E-state index contributed by atoms with van der Waals surface area (Å²) in [6.45, 7) is 0. The van der Waals surface area contributed by atoms with Crippen LogP contribution in [0.3, 0.4) is 0 Å². The summed E-state index contributed by atoms with van der Waals surface area (Å²) in [5, 5.41) is 6.01. The number of hydrogen-bond donors (Lipinski definition) is 0. The molecule has 0 spiro atoms. The zero-order chi connectivity index (χ0) is 11.3. The SMILES string of the molecule is c1cc(-c2noc(C34CCC(CC3)C4)n2)ns1. The molecule has 4 nitrogen and oxygen atoms in total. The van der Waals surface area contributed by atoms with Crippen molar-refractivity contribution >= 4 is 11.5 Å². The van der Waals surface area contributed by atoms with Crippen molar-refractivity contribution in [3.63, 3.8) is 0 Å². The first-order valence-corrected chi connectivity index (χ1v) is 6.94. The standard InChI is InChI=1S/C12H13N3OS/c1-4-12(5-2-8(1)7-12)11-13-10(14-16-11)9-3-6-17-15-9/h3,6,8H,1-2,4-5,7H2. The Bertz CT molecular complexity index is 526. The first-order chi connectivity index (χ1) is 8.36. The van der Waals surface area contributed by atoms with Crippen LogP contribution in [0.5, 0.6) is 0 Å². The third kappa shape index (κ3) is 1.38. The van der Waals surface area contributed by atoms with Gasteiger partial charge < -0.3 is 4.52 Å². The fourth-order valence-corrected chi connectivity index (χ4v) is 3.87. The van der Waals surface area contributed by atoms with Gasteiger partial charge in [-0.3, -0.25) is 0 Å². The molecule has 0 N–H and O–H groups in total. The third-order valence-electron chi connectivity index (χ3n) is 4.29. The van der Waals surface area contributed by atoms with E-state index < -0.39 is 0 Å². The van der Waals surface area contributed by atoms with E-state index in [1.807, 2.05) is 11.4 Å². The largest absolute Gasteiger partial charge is 0.338 e. The summed E-state index contributed by atoms with van der Waals surface area (Å²) >= 11 is 1.42. The molecule has 2 fully saturated rings. The van der Waals surface area contributed by atoms with Gasteiger partial charge in [-0.15, -0.1) is 0 Å². The molecular weight excluding hydrogens is 234 g/mol. The molecule has 2 aliphatic carbocycles. The van der Waals surface area contributed by atoms with Crippen molar-refractivity contribution in [2.75, 3.05) is 0 Å². The van der Waals surface area contributed by atoms with Crippen molar-refractivity contribution in [1.82, 2.24) is 14.5 Å². The number of nitrogens with zero attached hydrogens (tertiary/aromatic N) is 3. The van der Waals surface area contributed by atoms with Crippen LogP contribution in [0.25, 0.3) is 11.5 Å². The zero-order valence-corrected chi connectivity index (χ0v) is 10.2. The van der Waals surface area contributed by atoms with Gasteiger partial charge in [0.25, 0.3) is 0 Å². The van der Waals surface area contributed by atoms with Gasteiger partial charge in [-0.25, -0.2) is 0 Å². The Kier molecular flexibility index (Phi) is 1.94. The van der Waals surface area contributed by atoms with Crippen molar-refractivity contribution in [2.45, 2.75) is 37.5 Å². The first kappa shape index (κ1) is 9.76. The highest BCUT2D eigenvalue weighted by molar-refractivity contribution is 7.03. The molecule has 2 aromatic heterocycles. The van der Waals surface area contributed by atoms with E-state index in [0.717, 1.165) is 17.5 Å². The number of rotatable bonds is 2. The Morgan fingerprint density at radius 3 is 2.88 bits per heavy atom. The molecule has 0 aliphatic heterocycles. The molecule has 5 heteroatoms. The molecule has 88 valence electrons. The number of hydrogen-bond acceptors (Lipinski definition) is 5. The van der Waals surface area contributed by atoms with E-state index in [4.69, 9.17) is 4.52 Å². The van der Waals surface area contributed by atoms with Crippen LogP contribution in [-0.2, 0) is 5.41 Å². The van der Waals surface area contributed by atoms with Crippen LogP contribution in [0.4, 0.5) is 0 Å². The maximum absolute atomic E-state index is 5.50. The Morgan fingerprint density at radius 2 is 2.24 bits per heavy atom. The maximum atomic E-state index is 5.50. The summed E-state index contributed by atoms with van der Waals surface area (Å²) in [5.41, 5.74) is 1.03. The summed E-state index contributed by atoms with van der Waals surface area (Å²) in [6.07, 6.45) is 6.33. The molecular formula is C12H13N3OS. The van der Waals surface area contributed by atoms with Crippen molar-refractivity contribution < 1.29 is 4.52 Å². The van der Waals surface area contributed by atoms with Crippen LogP contribution in [0, 0.1) is 5.92 Å². The predicted octanol–water partition coefficient (Wildman–Crippen LogP) is 3.02. The van der Waals surface area contributed by atoms with Crippen LogP contribution >= 0.6 is 11.5 Å². The summed E-state index contributed by atoms with van der Waals surface area (Å²) in [4.78, 5) is 4.57. The lowest BCUT2D eigenvalue weighted by molar-refractivity contribution is 0.278. The van der Waals surface area contributed by atoms with Gasteiger partial charge in [-0.2, -0.15) is 9.36 Å². The highest BCUT2D eigenvalue weighted by atomic mass is 32.1. The number of fused-ring (bicyclic) bond motifs is 2. The molecule has 0 radical (unpaired) electrons. The van der Waals surface area contributed by atoms with E-state index in [1.54, 1.807) is 0 Å². The van der Waals surface area contributed by atoms with Crippen LogP contribution in [0.2, 0.25) is 0 Å². The summed E-state index contributed by atoms with van der Waals surface area (Å²) < 4.78 is 9.74. The van der Waals surface area contributed by atoms with Crippen molar-refractivity contribution in [1.29, 1.82) is 0 Å². The Morgan fingerprint density at radius 1 is 1.35 bits per heavy atom. The van der Waals surface area contributed by atoms with Gasteiger partial charge >= 0.3 is 0 Å². The average molecular weight is 247 g/mol. The lowest BCUT2D eigenvalue weighted by Gasteiger charge is -2.20. The van der Waals surface area contributed by atoms with Gasteiger partial charge in [-0.05, 0) is 55.6 Å². The monoisotopic (exact) mass is 247 g/mol. The Balaban J connectivity index is 1.72. The second kappa shape index (κ2) is 3.38. The van der Waals surface area contributed by atoms with Crippen molar-refractivity contribution in [3.05, 3.63) is 17.3 Å². The van der Waals surface area contributed by atoms with E-state index >= 15 is 0 Å². The number of aromatic nitrogens is 3. The Labute approximate surface area is 103 Å². The Hall–Kier alpha value is -1.23. The van der Waals surface area contributed by atoms with Gasteiger partial charge in [0.1, 0.15) is 5.69 Å². The van der Waals surface area contributed by atoms with Crippen LogP contribution < -0.4 is 0 Å². The highest BCUT2D eigenvalue weighted by Crippen LogP contribution is 2.54. The van der Waals surface area contributed by atoms with Gasteiger partial charge in [0, 0.05) is 10.8 Å². The predicted molar refractivity (Wildman–Crippen MR) is 63.7 cm³/mol. The molecule has 2 bridgehead atoms. The fraction of sp³-hybridized carbons (Fsp3) is 0.583. The smallest absolute Gasteiger partial charge is 0.233 e. The fourth-order valence-electron chi connectivity index (χ4n) is 3.36. The van der Waals surface area contributed by atoms with E-state index in [-0.39, 0.29) is 5.41 Å². The van der Waals surface area contributed by atoms with Crippen LogP contribution in [-0.4, -0.2) is 14.5 Å². The minimum atomic E-state index is 0.200. The van der Waals surface area contributed by atoms with E-state index in [1.165, 1.54) is 43.6 Å². The van der Waals surface area contributed by atoms with Gasteiger partial charge in [0.2, 0.25) is 11.7 Å². The van der Waals surface area contributed by atoms with Gasteiger partial charge in [0.15, 0.2) is 0 Å². The van der Waals surface area contributed by atoms with Crippen LogP contribution in [0.15, 0.2) is 16.0 Å². The summed E-state index contributed by atoms with van der Waals surface area (Å²) in [5.74, 6) is 2.39. The third-order valence-corrected chi connectivity index (χ3v) is 4.85. The van der Waals surface area contributed by atoms with Crippen LogP contribution in [0.1, 0.15) is 38.0 Å². The van der Waals surface area contributed by atoms with Crippen molar-refractivity contribution in [3.8, 4) is 11.5 Å². The zero-order valence-electron chi connectivity index (χ0n) is 9.43. The van der Waals surface area contributed by atoms with Crippen molar-refractivity contribution in [2.24, 2.45) is 5.92 Å². The molecule has 0 unspecified atom stereocenters. The normalized spacial score (nSPS) is 31.2. The minimum absolute atomic E-state index is 0.200. The lowest BCUT2D eigenvalue weighted by Crippen LogP contribution is -2.19. The maximum Gasteiger partial charge on any atom is 0.233 e.